The number of nitrogens with zero attached hydrogens (tertiary/aromatic N) is 1. The minimum atomic E-state index is -3.90. The Morgan fingerprint density at radius 1 is 1.40 bits per heavy atom. The molecule has 0 saturated heterocycles. The van der Waals surface area contributed by atoms with Crippen LogP contribution in [0.2, 0.25) is 5.02 Å². The normalized spacial score (nSPS) is 12.3. The molecule has 0 heterocycles. The summed E-state index contributed by atoms with van der Waals surface area (Å²) in [6, 6.07) is 3.76. The van der Waals surface area contributed by atoms with Crippen molar-refractivity contribution >= 4 is 42.5 Å². The number of phosphoric acid groups is 1. The van der Waals surface area contributed by atoms with Crippen LogP contribution in [-0.2, 0) is 18.1 Å². The van der Waals surface area contributed by atoms with Crippen molar-refractivity contribution in [1.29, 1.82) is 0 Å². The van der Waals surface area contributed by atoms with Crippen LogP contribution in [0.5, 0.6) is 0 Å². The number of nitro groups is 1. The molecule has 0 unspecified atom stereocenters. The van der Waals surface area contributed by atoms with Gasteiger partial charge in [0.15, 0.2) is 5.76 Å². The van der Waals surface area contributed by atoms with Crippen LogP contribution in [0.15, 0.2) is 23.7 Å². The molecule has 1 aromatic carbocycles. The largest absolute Gasteiger partial charge is 0.529 e. The molecule has 0 bridgehead atoms. The van der Waals surface area contributed by atoms with E-state index in [0.717, 1.165) is 19.8 Å². The predicted octanol–water partition coefficient (Wildman–Crippen LogP) is 4.20. The molecule has 0 aliphatic carbocycles. The highest BCUT2D eigenvalue weighted by molar-refractivity contribution is 7.48. The molecule has 1 rings (SSSR count). The van der Waals surface area contributed by atoms with Gasteiger partial charge in [0, 0.05) is 30.8 Å². The molecule has 0 spiro atoms. The van der Waals surface area contributed by atoms with E-state index in [1.54, 1.807) is 0 Å². The highest BCUT2D eigenvalue weighted by Crippen LogP contribution is 2.52. The lowest BCUT2D eigenvalue weighted by molar-refractivity contribution is -0.385. The molecule has 0 aromatic heterocycles. The first-order chi connectivity index (χ1) is 9.36. The topological polar surface area (TPSA) is 87.9 Å². The predicted molar refractivity (Wildman–Crippen MR) is 74.6 cm³/mol. The maximum atomic E-state index is 11.9. The van der Waals surface area contributed by atoms with Gasteiger partial charge in [-0.3, -0.25) is 19.2 Å². The Morgan fingerprint density at radius 2 is 2.00 bits per heavy atom. The van der Waals surface area contributed by atoms with E-state index in [-0.39, 0.29) is 22.0 Å². The Hall–Kier alpha value is -1.11. The fourth-order valence-corrected chi connectivity index (χ4v) is 2.35. The van der Waals surface area contributed by atoms with Gasteiger partial charge in [-0.1, -0.05) is 23.2 Å². The van der Waals surface area contributed by atoms with Crippen molar-refractivity contribution < 1.29 is 23.1 Å². The number of phosphoric ester groups is 1. The van der Waals surface area contributed by atoms with Gasteiger partial charge in [-0.15, -0.1) is 0 Å². The fourth-order valence-electron chi connectivity index (χ4n) is 1.26. The molecule has 1 aromatic rings. The van der Waals surface area contributed by atoms with Crippen molar-refractivity contribution in [3.05, 3.63) is 44.4 Å². The molecule has 0 N–H and O–H groups in total. The van der Waals surface area contributed by atoms with Gasteiger partial charge < -0.3 is 4.52 Å². The quantitative estimate of drug-likeness (QED) is 0.333. The Labute approximate surface area is 124 Å². The average Bonchev–Trinajstić information content (AvgIpc) is 2.44. The van der Waals surface area contributed by atoms with E-state index in [2.05, 4.69) is 9.05 Å². The highest BCUT2D eigenvalue weighted by atomic mass is 35.5. The maximum absolute atomic E-state index is 11.9. The van der Waals surface area contributed by atoms with Crippen LogP contribution in [0.4, 0.5) is 5.69 Å². The van der Waals surface area contributed by atoms with E-state index < -0.39 is 12.7 Å². The molecule has 10 heteroatoms. The number of rotatable bonds is 6. The molecule has 20 heavy (non-hydrogen) atoms. The van der Waals surface area contributed by atoms with Crippen LogP contribution in [-0.4, -0.2) is 19.1 Å². The van der Waals surface area contributed by atoms with Crippen molar-refractivity contribution in [2.75, 3.05) is 14.2 Å². The Bertz CT molecular complexity index is 583. The first-order valence-electron chi connectivity index (χ1n) is 5.02. The molecule has 0 atom stereocenters. The summed E-state index contributed by atoms with van der Waals surface area (Å²) < 4.78 is 26.0. The maximum Gasteiger partial charge on any atom is 0.529 e. The van der Waals surface area contributed by atoms with E-state index in [1.165, 1.54) is 18.2 Å². The van der Waals surface area contributed by atoms with Crippen LogP contribution in [0.1, 0.15) is 5.56 Å². The van der Waals surface area contributed by atoms with Crippen LogP contribution >= 0.6 is 31.0 Å². The number of hydrogen-bond acceptors (Lipinski definition) is 6. The summed E-state index contributed by atoms with van der Waals surface area (Å²) in [5, 5.41) is 11.2. The molecule has 0 aliphatic heterocycles. The average molecular weight is 342 g/mol. The number of nitro benzene ring substituents is 1. The molecule has 0 radical (unpaired) electrons. The summed E-state index contributed by atoms with van der Waals surface area (Å²) in [5.74, 6) is -0.257. The third-order valence-corrected chi connectivity index (χ3v) is 3.93. The smallest absolute Gasteiger partial charge is 0.402 e. The number of hydrogen-bond donors (Lipinski definition) is 0. The fraction of sp³-hybridized carbons (Fsp3) is 0.200. The molecule has 7 nitrogen and oxygen atoms in total. The Balaban J connectivity index is 3.30. The van der Waals surface area contributed by atoms with Crippen LogP contribution in [0.25, 0.3) is 5.76 Å². The molecular formula is C10H10Cl2NO6P. The summed E-state index contributed by atoms with van der Waals surface area (Å²) in [6.07, 6.45) is 0. The molecule has 0 fully saturated rings. The molecule has 0 amide bonds. The van der Waals surface area contributed by atoms with Gasteiger partial charge in [0.05, 0.1) is 10.5 Å². The highest BCUT2D eigenvalue weighted by Gasteiger charge is 2.29. The zero-order chi connectivity index (χ0) is 15.3. The third kappa shape index (κ3) is 3.94. The minimum absolute atomic E-state index is 0.0492. The lowest BCUT2D eigenvalue weighted by atomic mass is 10.1. The van der Waals surface area contributed by atoms with Gasteiger partial charge in [-0.25, -0.2) is 4.57 Å². The molecule has 0 aliphatic rings. The van der Waals surface area contributed by atoms with Crippen molar-refractivity contribution in [3.63, 3.8) is 0 Å². The number of halogens is 2. The molecule has 0 saturated carbocycles. The van der Waals surface area contributed by atoms with Crippen molar-refractivity contribution in [1.82, 2.24) is 0 Å². The second-order valence-electron chi connectivity index (χ2n) is 3.30. The van der Waals surface area contributed by atoms with Crippen LogP contribution in [0.3, 0.4) is 0 Å². The monoisotopic (exact) mass is 341 g/mol. The van der Waals surface area contributed by atoms with Gasteiger partial charge in [-0.2, -0.15) is 0 Å². The summed E-state index contributed by atoms with van der Waals surface area (Å²) in [6.45, 7) is 0. The lowest BCUT2D eigenvalue weighted by Crippen LogP contribution is -1.99. The SMILES string of the molecule is COP(=O)(OC)O/C(=C\Cl)c1cc(Cl)ccc1[N+](=O)[O-]. The first-order valence-corrected chi connectivity index (χ1v) is 7.30. The van der Waals surface area contributed by atoms with E-state index in [0.29, 0.717) is 0 Å². The van der Waals surface area contributed by atoms with Gasteiger partial charge in [0.25, 0.3) is 5.69 Å². The summed E-state index contributed by atoms with van der Waals surface area (Å²) in [7, 11) is -1.70. The van der Waals surface area contributed by atoms with Gasteiger partial charge in [0.2, 0.25) is 0 Å². The third-order valence-electron chi connectivity index (χ3n) is 2.18. The van der Waals surface area contributed by atoms with E-state index >= 15 is 0 Å². The molecule has 110 valence electrons. The first kappa shape index (κ1) is 16.9. The van der Waals surface area contributed by atoms with E-state index in [9.17, 15) is 14.7 Å². The lowest BCUT2D eigenvalue weighted by Gasteiger charge is -2.16. The Morgan fingerprint density at radius 3 is 2.45 bits per heavy atom. The zero-order valence-electron chi connectivity index (χ0n) is 10.4. The van der Waals surface area contributed by atoms with Gasteiger partial charge in [-0.05, 0) is 12.1 Å². The van der Waals surface area contributed by atoms with Crippen molar-refractivity contribution in [2.24, 2.45) is 0 Å². The minimum Gasteiger partial charge on any atom is -0.402 e. The second kappa shape index (κ2) is 7.06. The Kier molecular flexibility index (Phi) is 5.98. The second-order valence-corrected chi connectivity index (χ2v) is 5.76. The van der Waals surface area contributed by atoms with Crippen LogP contribution in [0, 0.1) is 10.1 Å². The summed E-state index contributed by atoms with van der Waals surface area (Å²) in [5.41, 5.74) is 0.510. The van der Waals surface area contributed by atoms with Crippen molar-refractivity contribution in [2.45, 2.75) is 0 Å². The van der Waals surface area contributed by atoms with Crippen molar-refractivity contribution in [3.8, 4) is 0 Å². The summed E-state index contributed by atoms with van der Waals surface area (Å²) in [4.78, 5) is 10.3. The zero-order valence-corrected chi connectivity index (χ0v) is 12.8. The van der Waals surface area contributed by atoms with Gasteiger partial charge >= 0.3 is 7.82 Å². The van der Waals surface area contributed by atoms with E-state index in [4.69, 9.17) is 27.7 Å². The standard InChI is InChI=1S/C10H10Cl2NO6P/c1-17-20(16,18-2)19-10(6-11)8-5-7(12)3-4-9(8)13(14)15/h3-6H,1-2H3/b10-6-. The molecular weight excluding hydrogens is 332 g/mol. The summed E-state index contributed by atoms with van der Waals surface area (Å²) >= 11 is 11.3. The van der Waals surface area contributed by atoms with Gasteiger partial charge in [0.1, 0.15) is 0 Å². The van der Waals surface area contributed by atoms with E-state index in [1.807, 2.05) is 0 Å². The number of benzene rings is 1. The van der Waals surface area contributed by atoms with Crippen LogP contribution < -0.4 is 0 Å².